The minimum absolute atomic E-state index is 0.121. The molecule has 3 rings (SSSR count). The van der Waals surface area contributed by atoms with E-state index in [9.17, 15) is 0 Å². The summed E-state index contributed by atoms with van der Waals surface area (Å²) in [5.41, 5.74) is 9.19. The molecule has 18 heavy (non-hydrogen) atoms. The molecule has 1 aromatic heterocycles. The lowest BCUT2D eigenvalue weighted by molar-refractivity contribution is 0.242. The number of nitrogens with two attached hydrogens (primary N) is 1. The Labute approximate surface area is 111 Å². The van der Waals surface area contributed by atoms with Crippen LogP contribution in [0.1, 0.15) is 16.3 Å². The summed E-state index contributed by atoms with van der Waals surface area (Å²) >= 11 is 1.72. The Balaban J connectivity index is 2.10. The highest BCUT2D eigenvalue weighted by molar-refractivity contribution is 7.15. The van der Waals surface area contributed by atoms with Crippen molar-refractivity contribution in [1.29, 1.82) is 0 Å². The lowest BCUT2D eigenvalue weighted by atomic mass is 10.0. The van der Waals surface area contributed by atoms with Crippen LogP contribution >= 0.6 is 11.3 Å². The van der Waals surface area contributed by atoms with E-state index in [0.717, 1.165) is 28.4 Å². The second-order valence-electron chi connectivity index (χ2n) is 4.62. The molecular weight excluding hydrogens is 244 g/mol. The number of fused-ring (bicyclic) bond motifs is 1. The van der Waals surface area contributed by atoms with Gasteiger partial charge in [0, 0.05) is 18.5 Å². The lowest BCUT2D eigenvalue weighted by Crippen LogP contribution is -2.24. The normalized spacial score (nSPS) is 17.6. The van der Waals surface area contributed by atoms with Crippen molar-refractivity contribution in [2.24, 2.45) is 5.73 Å². The van der Waals surface area contributed by atoms with Gasteiger partial charge >= 0.3 is 0 Å². The Kier molecular flexibility index (Phi) is 2.84. The number of para-hydroxylation sites is 1. The summed E-state index contributed by atoms with van der Waals surface area (Å²) in [7, 11) is 0. The van der Waals surface area contributed by atoms with Gasteiger partial charge in [-0.05, 0) is 25.5 Å². The molecule has 2 N–H and O–H groups in total. The standard InChI is InChI=1S/C14H16N2OS/c1-8-14(18-9(2)16-8)12-5-3-4-10-6-11(7-15)17-13(10)12/h3-5,11H,6-7,15H2,1-2H3/t11-/m1/s1. The van der Waals surface area contributed by atoms with Crippen molar-refractivity contribution in [1.82, 2.24) is 4.98 Å². The van der Waals surface area contributed by atoms with Crippen LogP contribution in [0.2, 0.25) is 0 Å². The number of ether oxygens (including phenoxy) is 1. The first-order valence-corrected chi connectivity index (χ1v) is 6.93. The number of hydrogen-bond donors (Lipinski definition) is 1. The molecule has 1 aliphatic heterocycles. The summed E-state index contributed by atoms with van der Waals surface area (Å²) in [6, 6.07) is 6.32. The second kappa shape index (κ2) is 4.37. The number of aromatic nitrogens is 1. The molecule has 0 spiro atoms. The minimum atomic E-state index is 0.121. The fraction of sp³-hybridized carbons (Fsp3) is 0.357. The van der Waals surface area contributed by atoms with Crippen LogP contribution in [0.3, 0.4) is 0 Å². The Morgan fingerprint density at radius 2 is 2.28 bits per heavy atom. The first-order valence-electron chi connectivity index (χ1n) is 6.12. The van der Waals surface area contributed by atoms with Crippen LogP contribution in [0.25, 0.3) is 10.4 Å². The molecule has 4 heteroatoms. The van der Waals surface area contributed by atoms with E-state index in [1.165, 1.54) is 10.4 Å². The summed E-state index contributed by atoms with van der Waals surface area (Å²) in [4.78, 5) is 5.70. The van der Waals surface area contributed by atoms with Crippen molar-refractivity contribution in [3.05, 3.63) is 34.5 Å². The van der Waals surface area contributed by atoms with Gasteiger partial charge in [0.1, 0.15) is 11.9 Å². The molecule has 0 aliphatic carbocycles. The zero-order chi connectivity index (χ0) is 12.7. The third-order valence-electron chi connectivity index (χ3n) is 3.24. The second-order valence-corrected chi connectivity index (χ2v) is 5.82. The summed E-state index contributed by atoms with van der Waals surface area (Å²) in [6.07, 6.45) is 1.03. The highest BCUT2D eigenvalue weighted by atomic mass is 32.1. The number of benzene rings is 1. The average Bonchev–Trinajstić information content (AvgIpc) is 2.91. The molecule has 0 radical (unpaired) electrons. The number of thiazole rings is 1. The molecule has 1 aliphatic rings. The van der Waals surface area contributed by atoms with Gasteiger partial charge in [-0.1, -0.05) is 12.1 Å². The highest BCUT2D eigenvalue weighted by Gasteiger charge is 2.25. The highest BCUT2D eigenvalue weighted by Crippen LogP contribution is 2.41. The maximum atomic E-state index is 5.96. The average molecular weight is 260 g/mol. The fourth-order valence-corrected chi connectivity index (χ4v) is 3.37. The van der Waals surface area contributed by atoms with Gasteiger partial charge in [0.25, 0.3) is 0 Å². The molecule has 0 unspecified atom stereocenters. The topological polar surface area (TPSA) is 48.1 Å². The van der Waals surface area contributed by atoms with Crippen LogP contribution in [0.15, 0.2) is 18.2 Å². The first-order chi connectivity index (χ1) is 8.69. The number of aryl methyl sites for hydroxylation is 2. The summed E-state index contributed by atoms with van der Waals surface area (Å²) in [5, 5.41) is 1.09. The summed E-state index contributed by atoms with van der Waals surface area (Å²) < 4.78 is 5.96. The monoisotopic (exact) mass is 260 g/mol. The quantitative estimate of drug-likeness (QED) is 0.903. The lowest BCUT2D eigenvalue weighted by Gasteiger charge is -2.09. The van der Waals surface area contributed by atoms with Gasteiger partial charge in [0.05, 0.1) is 15.6 Å². The Bertz CT molecular complexity index is 591. The SMILES string of the molecule is Cc1nc(C)c(-c2cccc3c2O[C@@H](CN)C3)s1. The van der Waals surface area contributed by atoms with Crippen molar-refractivity contribution >= 4 is 11.3 Å². The van der Waals surface area contributed by atoms with Crippen LogP contribution in [0, 0.1) is 13.8 Å². The molecular formula is C14H16N2OS. The summed E-state index contributed by atoms with van der Waals surface area (Å²) in [5.74, 6) is 1.000. The van der Waals surface area contributed by atoms with Crippen molar-refractivity contribution in [3.63, 3.8) is 0 Å². The van der Waals surface area contributed by atoms with Crippen LogP contribution in [-0.4, -0.2) is 17.6 Å². The number of rotatable bonds is 2. The zero-order valence-electron chi connectivity index (χ0n) is 10.6. The van der Waals surface area contributed by atoms with Crippen LogP contribution in [0.5, 0.6) is 5.75 Å². The van der Waals surface area contributed by atoms with Crippen LogP contribution in [0.4, 0.5) is 0 Å². The molecule has 1 atom stereocenters. The molecule has 1 aromatic carbocycles. The fourth-order valence-electron chi connectivity index (χ4n) is 2.43. The molecule has 94 valence electrons. The van der Waals surface area contributed by atoms with Gasteiger partial charge in [-0.2, -0.15) is 0 Å². The van der Waals surface area contributed by atoms with Crippen molar-refractivity contribution in [3.8, 4) is 16.2 Å². The molecule has 0 bridgehead atoms. The summed E-state index contributed by atoms with van der Waals surface area (Å²) in [6.45, 7) is 4.65. The predicted octanol–water partition coefficient (Wildman–Crippen LogP) is 2.69. The molecule has 2 aromatic rings. The maximum Gasteiger partial charge on any atom is 0.131 e. The molecule has 3 nitrogen and oxygen atoms in total. The van der Waals surface area contributed by atoms with Crippen molar-refractivity contribution in [2.45, 2.75) is 26.4 Å². The van der Waals surface area contributed by atoms with E-state index in [0.29, 0.717) is 6.54 Å². The Hall–Kier alpha value is -1.39. The first kappa shape index (κ1) is 11.7. The Morgan fingerprint density at radius 1 is 1.44 bits per heavy atom. The molecule has 0 saturated heterocycles. The van der Waals surface area contributed by atoms with E-state index < -0.39 is 0 Å². The number of hydrogen-bond acceptors (Lipinski definition) is 4. The van der Waals surface area contributed by atoms with Crippen molar-refractivity contribution < 1.29 is 4.74 Å². The van der Waals surface area contributed by atoms with Gasteiger partial charge in [-0.15, -0.1) is 11.3 Å². The van der Waals surface area contributed by atoms with Crippen LogP contribution < -0.4 is 10.5 Å². The van der Waals surface area contributed by atoms with Crippen LogP contribution in [-0.2, 0) is 6.42 Å². The van der Waals surface area contributed by atoms with Gasteiger partial charge < -0.3 is 10.5 Å². The Morgan fingerprint density at radius 3 is 2.94 bits per heavy atom. The van der Waals surface area contributed by atoms with E-state index in [2.05, 4.69) is 23.2 Å². The van der Waals surface area contributed by atoms with E-state index >= 15 is 0 Å². The van der Waals surface area contributed by atoms with Gasteiger partial charge in [0.2, 0.25) is 0 Å². The van der Waals surface area contributed by atoms with E-state index in [1.54, 1.807) is 11.3 Å². The van der Waals surface area contributed by atoms with E-state index in [4.69, 9.17) is 10.5 Å². The molecule has 2 heterocycles. The van der Waals surface area contributed by atoms with Gasteiger partial charge in [-0.25, -0.2) is 4.98 Å². The van der Waals surface area contributed by atoms with E-state index in [-0.39, 0.29) is 6.10 Å². The third kappa shape index (κ3) is 1.82. The zero-order valence-corrected chi connectivity index (χ0v) is 11.4. The molecule has 0 saturated carbocycles. The van der Waals surface area contributed by atoms with Gasteiger partial charge in [-0.3, -0.25) is 0 Å². The predicted molar refractivity (Wildman–Crippen MR) is 74.2 cm³/mol. The van der Waals surface area contributed by atoms with Gasteiger partial charge in [0.15, 0.2) is 0 Å². The largest absolute Gasteiger partial charge is 0.488 e. The molecule has 0 fully saturated rings. The van der Waals surface area contributed by atoms with Crippen molar-refractivity contribution in [2.75, 3.05) is 6.54 Å². The number of nitrogens with zero attached hydrogens (tertiary/aromatic N) is 1. The molecule has 0 amide bonds. The maximum absolute atomic E-state index is 5.96. The smallest absolute Gasteiger partial charge is 0.131 e. The van der Waals surface area contributed by atoms with E-state index in [1.807, 2.05) is 13.8 Å². The third-order valence-corrected chi connectivity index (χ3v) is 4.35. The minimum Gasteiger partial charge on any atom is -0.488 e.